The van der Waals surface area contributed by atoms with Gasteiger partial charge >= 0.3 is 0 Å². The molecular formula is C27H23N5O2. The van der Waals surface area contributed by atoms with E-state index in [2.05, 4.69) is 15.5 Å². The molecule has 0 fully saturated rings. The summed E-state index contributed by atoms with van der Waals surface area (Å²) in [6.07, 6.45) is 4.38. The second-order valence-electron chi connectivity index (χ2n) is 7.98. The number of nitrogens with zero attached hydrogens (tertiary/aromatic N) is 4. The van der Waals surface area contributed by atoms with Crippen molar-refractivity contribution in [3.63, 3.8) is 0 Å². The van der Waals surface area contributed by atoms with Crippen LogP contribution in [0.5, 0.6) is 0 Å². The fourth-order valence-corrected chi connectivity index (χ4v) is 3.88. The standard InChI is InChI=1S/C27H23N5O2/c33-26(28-16-15-21-17-29-31(19-21)22-11-5-2-6-12-22)25-23-13-7-8-14-24(23)27(34)32(30-25)18-20-9-3-1-4-10-20/h1-14,17,19H,15-16,18H2,(H,28,33). The Labute approximate surface area is 196 Å². The van der Waals surface area contributed by atoms with E-state index >= 15 is 0 Å². The fraction of sp³-hybridized carbons (Fsp3) is 0.111. The van der Waals surface area contributed by atoms with Crippen LogP contribution in [0.15, 0.2) is 102 Å². The molecule has 0 radical (unpaired) electrons. The number of hydrogen-bond acceptors (Lipinski definition) is 4. The van der Waals surface area contributed by atoms with Gasteiger partial charge in [0.2, 0.25) is 0 Å². The van der Waals surface area contributed by atoms with Gasteiger partial charge in [-0.3, -0.25) is 9.59 Å². The van der Waals surface area contributed by atoms with E-state index in [4.69, 9.17) is 0 Å². The molecule has 0 atom stereocenters. The Morgan fingerprint density at radius 3 is 2.26 bits per heavy atom. The molecule has 0 unspecified atom stereocenters. The van der Waals surface area contributed by atoms with Crippen molar-refractivity contribution < 1.29 is 4.79 Å². The van der Waals surface area contributed by atoms with E-state index < -0.39 is 0 Å². The Morgan fingerprint density at radius 2 is 1.50 bits per heavy atom. The van der Waals surface area contributed by atoms with E-state index in [0.717, 1.165) is 16.8 Å². The van der Waals surface area contributed by atoms with Crippen molar-refractivity contribution >= 4 is 16.7 Å². The maximum atomic E-state index is 13.1. The summed E-state index contributed by atoms with van der Waals surface area (Å²) < 4.78 is 3.17. The fourth-order valence-electron chi connectivity index (χ4n) is 3.88. The molecule has 7 nitrogen and oxygen atoms in total. The van der Waals surface area contributed by atoms with Crippen LogP contribution in [-0.2, 0) is 13.0 Å². The summed E-state index contributed by atoms with van der Waals surface area (Å²) in [5, 5.41) is 12.8. The highest BCUT2D eigenvalue weighted by atomic mass is 16.2. The van der Waals surface area contributed by atoms with Gasteiger partial charge in [0.15, 0.2) is 5.69 Å². The predicted molar refractivity (Wildman–Crippen MR) is 131 cm³/mol. The number of aromatic nitrogens is 4. The molecule has 1 amide bonds. The first-order valence-electron chi connectivity index (χ1n) is 11.1. The van der Waals surface area contributed by atoms with Crippen LogP contribution < -0.4 is 10.9 Å². The topological polar surface area (TPSA) is 81.8 Å². The van der Waals surface area contributed by atoms with Crippen molar-refractivity contribution in [2.24, 2.45) is 0 Å². The van der Waals surface area contributed by atoms with Crippen molar-refractivity contribution in [3.8, 4) is 5.69 Å². The zero-order valence-electron chi connectivity index (χ0n) is 18.5. The number of hydrogen-bond donors (Lipinski definition) is 1. The Bertz CT molecular complexity index is 1490. The molecule has 3 aromatic carbocycles. The van der Waals surface area contributed by atoms with Crippen LogP contribution in [0, 0.1) is 0 Å². The first kappa shape index (κ1) is 21.3. The van der Waals surface area contributed by atoms with Crippen LogP contribution >= 0.6 is 0 Å². The summed E-state index contributed by atoms with van der Waals surface area (Å²) in [7, 11) is 0. The molecule has 168 valence electrons. The summed E-state index contributed by atoms with van der Waals surface area (Å²) in [4.78, 5) is 26.1. The number of nitrogens with one attached hydrogen (secondary N) is 1. The SMILES string of the molecule is O=C(NCCc1cnn(-c2ccccc2)c1)c1nn(Cc2ccccc2)c(=O)c2ccccc12. The highest BCUT2D eigenvalue weighted by Crippen LogP contribution is 2.14. The monoisotopic (exact) mass is 449 g/mol. The molecule has 0 saturated carbocycles. The zero-order valence-corrected chi connectivity index (χ0v) is 18.5. The van der Waals surface area contributed by atoms with Crippen LogP contribution in [0.1, 0.15) is 21.6 Å². The minimum Gasteiger partial charge on any atom is -0.350 e. The quantitative estimate of drug-likeness (QED) is 0.412. The summed E-state index contributed by atoms with van der Waals surface area (Å²) in [6.45, 7) is 0.719. The van der Waals surface area contributed by atoms with E-state index in [9.17, 15) is 9.59 Å². The highest BCUT2D eigenvalue weighted by Gasteiger charge is 2.16. The lowest BCUT2D eigenvalue weighted by molar-refractivity contribution is 0.0948. The first-order chi connectivity index (χ1) is 16.7. The van der Waals surface area contributed by atoms with Crippen molar-refractivity contribution in [3.05, 3.63) is 124 Å². The molecule has 0 spiro atoms. The van der Waals surface area contributed by atoms with Gasteiger partial charge in [-0.25, -0.2) is 9.36 Å². The van der Waals surface area contributed by atoms with Crippen LogP contribution in [0.25, 0.3) is 16.5 Å². The number of rotatable bonds is 7. The van der Waals surface area contributed by atoms with Crippen molar-refractivity contribution in [1.29, 1.82) is 0 Å². The number of amides is 1. The van der Waals surface area contributed by atoms with Gasteiger partial charge < -0.3 is 5.32 Å². The molecule has 2 heterocycles. The molecule has 0 aliphatic heterocycles. The van der Waals surface area contributed by atoms with Crippen LogP contribution in [-0.4, -0.2) is 32.0 Å². The Hall–Kier alpha value is -4.52. The summed E-state index contributed by atoms with van der Waals surface area (Å²) in [5.41, 5.74) is 2.95. The average Bonchev–Trinajstić information content (AvgIpc) is 3.36. The molecule has 0 saturated heterocycles. The lowest BCUT2D eigenvalue weighted by atomic mass is 10.1. The smallest absolute Gasteiger partial charge is 0.274 e. The largest absolute Gasteiger partial charge is 0.350 e. The summed E-state index contributed by atoms with van der Waals surface area (Å²) >= 11 is 0. The lowest BCUT2D eigenvalue weighted by Crippen LogP contribution is -2.32. The average molecular weight is 450 g/mol. The normalized spacial score (nSPS) is 10.9. The molecule has 0 aliphatic carbocycles. The minimum atomic E-state index is -0.312. The van der Waals surface area contributed by atoms with Gasteiger partial charge in [0.25, 0.3) is 11.5 Å². The first-order valence-corrected chi connectivity index (χ1v) is 11.1. The molecular weight excluding hydrogens is 426 g/mol. The van der Waals surface area contributed by atoms with Crippen molar-refractivity contribution in [2.75, 3.05) is 6.54 Å². The molecule has 7 heteroatoms. The number of benzene rings is 3. The van der Waals surface area contributed by atoms with Crippen molar-refractivity contribution in [1.82, 2.24) is 24.9 Å². The number of carbonyl (C=O) groups is 1. The van der Waals surface area contributed by atoms with E-state index in [1.807, 2.05) is 71.5 Å². The zero-order chi connectivity index (χ0) is 23.3. The van der Waals surface area contributed by atoms with Gasteiger partial charge in [-0.05, 0) is 35.7 Å². The van der Waals surface area contributed by atoms with Gasteiger partial charge in [-0.2, -0.15) is 10.2 Å². The summed E-state index contributed by atoms with van der Waals surface area (Å²) in [5.74, 6) is -0.312. The third-order valence-electron chi connectivity index (χ3n) is 5.61. The summed E-state index contributed by atoms with van der Waals surface area (Å²) in [6, 6.07) is 26.6. The Balaban J connectivity index is 1.34. The predicted octanol–water partition coefficient (Wildman–Crippen LogP) is 3.60. The minimum absolute atomic E-state index is 0.218. The maximum Gasteiger partial charge on any atom is 0.274 e. The highest BCUT2D eigenvalue weighted by molar-refractivity contribution is 6.04. The molecule has 0 bridgehead atoms. The van der Waals surface area contributed by atoms with E-state index in [1.165, 1.54) is 4.68 Å². The van der Waals surface area contributed by atoms with E-state index in [-0.39, 0.29) is 17.2 Å². The second kappa shape index (κ2) is 9.54. The number of carbonyl (C=O) groups excluding carboxylic acids is 1. The molecule has 5 rings (SSSR count). The molecule has 5 aromatic rings. The number of para-hydroxylation sites is 1. The third kappa shape index (κ3) is 4.49. The Morgan fingerprint density at radius 1 is 0.824 bits per heavy atom. The van der Waals surface area contributed by atoms with Crippen LogP contribution in [0.2, 0.25) is 0 Å². The molecule has 2 aromatic heterocycles. The van der Waals surface area contributed by atoms with Gasteiger partial charge in [-0.15, -0.1) is 0 Å². The van der Waals surface area contributed by atoms with Gasteiger partial charge in [0.05, 0.1) is 23.8 Å². The van der Waals surface area contributed by atoms with Gasteiger partial charge in [-0.1, -0.05) is 66.7 Å². The molecule has 0 aliphatic rings. The lowest BCUT2D eigenvalue weighted by Gasteiger charge is -2.11. The van der Waals surface area contributed by atoms with Gasteiger partial charge in [0, 0.05) is 18.1 Å². The molecule has 1 N–H and O–H groups in total. The van der Waals surface area contributed by atoms with E-state index in [1.54, 1.807) is 30.5 Å². The number of fused-ring (bicyclic) bond motifs is 1. The van der Waals surface area contributed by atoms with Crippen LogP contribution in [0.4, 0.5) is 0 Å². The van der Waals surface area contributed by atoms with E-state index in [0.29, 0.717) is 30.3 Å². The van der Waals surface area contributed by atoms with Crippen LogP contribution in [0.3, 0.4) is 0 Å². The second-order valence-corrected chi connectivity index (χ2v) is 7.98. The molecule has 34 heavy (non-hydrogen) atoms. The Kier molecular flexibility index (Phi) is 5.99. The van der Waals surface area contributed by atoms with Gasteiger partial charge in [0.1, 0.15) is 0 Å². The third-order valence-corrected chi connectivity index (χ3v) is 5.61. The maximum absolute atomic E-state index is 13.1. The van der Waals surface area contributed by atoms with Crippen molar-refractivity contribution in [2.45, 2.75) is 13.0 Å².